The first-order chi connectivity index (χ1) is 7.66. The van der Waals surface area contributed by atoms with Crippen molar-refractivity contribution in [3.05, 3.63) is 39.0 Å². The summed E-state index contributed by atoms with van der Waals surface area (Å²) in [5, 5.41) is 5.66. The summed E-state index contributed by atoms with van der Waals surface area (Å²) in [6.07, 6.45) is 3.46. The fourth-order valence-corrected chi connectivity index (χ4v) is 2.27. The van der Waals surface area contributed by atoms with Crippen molar-refractivity contribution >= 4 is 33.2 Å². The van der Waals surface area contributed by atoms with Gasteiger partial charge in [0.05, 0.1) is 6.04 Å². The lowest BCUT2D eigenvalue weighted by Gasteiger charge is -2.09. The normalized spacial score (nSPS) is 12.4. The van der Waals surface area contributed by atoms with E-state index in [4.69, 9.17) is 0 Å². The monoisotopic (exact) mass is 299 g/mol. The van der Waals surface area contributed by atoms with E-state index in [1.165, 1.54) is 11.3 Å². The zero-order valence-electron chi connectivity index (χ0n) is 8.53. The molecule has 0 fully saturated rings. The number of carbonyl (C=O) groups is 1. The van der Waals surface area contributed by atoms with E-state index in [1.54, 1.807) is 18.5 Å². The third-order valence-electron chi connectivity index (χ3n) is 2.06. The van der Waals surface area contributed by atoms with Gasteiger partial charge in [-0.15, -0.1) is 11.3 Å². The molecule has 0 spiro atoms. The summed E-state index contributed by atoms with van der Waals surface area (Å²) in [6.45, 7) is 1.91. The zero-order valence-corrected chi connectivity index (χ0v) is 10.9. The molecule has 2 heterocycles. The van der Waals surface area contributed by atoms with Gasteiger partial charge in [0.1, 0.15) is 10.7 Å². The molecule has 2 aromatic rings. The minimum atomic E-state index is -0.131. The molecule has 0 aromatic carbocycles. The van der Waals surface area contributed by atoms with Gasteiger partial charge in [0.15, 0.2) is 0 Å². The van der Waals surface area contributed by atoms with Crippen LogP contribution in [0.2, 0.25) is 0 Å². The van der Waals surface area contributed by atoms with Gasteiger partial charge in [0, 0.05) is 22.2 Å². The Hall–Kier alpha value is -1.14. The molecule has 16 heavy (non-hydrogen) atoms. The molecular weight excluding hydrogens is 290 g/mol. The fourth-order valence-electron chi connectivity index (χ4n) is 1.28. The lowest BCUT2D eigenvalue weighted by atomic mass is 10.3. The third-order valence-corrected chi connectivity index (χ3v) is 3.48. The van der Waals surface area contributed by atoms with Crippen molar-refractivity contribution in [2.45, 2.75) is 13.0 Å². The number of halogens is 1. The Balaban J connectivity index is 2.03. The average molecular weight is 300 g/mol. The lowest BCUT2D eigenvalue weighted by Crippen LogP contribution is -2.26. The molecule has 0 saturated carbocycles. The second kappa shape index (κ2) is 4.80. The molecule has 6 heteroatoms. The van der Waals surface area contributed by atoms with Crippen molar-refractivity contribution in [1.29, 1.82) is 0 Å². The Bertz CT molecular complexity index is 480. The fraction of sp³-hybridized carbons (Fsp3) is 0.200. The van der Waals surface area contributed by atoms with E-state index in [0.29, 0.717) is 5.69 Å². The maximum absolute atomic E-state index is 11.8. The van der Waals surface area contributed by atoms with Crippen LogP contribution >= 0.6 is 27.3 Å². The van der Waals surface area contributed by atoms with Crippen LogP contribution in [0.4, 0.5) is 0 Å². The average Bonchev–Trinajstić information content (AvgIpc) is 2.87. The summed E-state index contributed by atoms with van der Waals surface area (Å²) in [4.78, 5) is 18.8. The van der Waals surface area contributed by atoms with Gasteiger partial charge >= 0.3 is 0 Å². The number of aromatic nitrogens is 2. The smallest absolute Gasteiger partial charge is 0.268 e. The molecule has 4 nitrogen and oxygen atoms in total. The zero-order chi connectivity index (χ0) is 11.5. The van der Waals surface area contributed by atoms with Gasteiger partial charge < -0.3 is 10.3 Å². The highest BCUT2D eigenvalue weighted by Gasteiger charge is 2.14. The first-order valence-electron chi connectivity index (χ1n) is 4.71. The quantitative estimate of drug-likeness (QED) is 0.915. The van der Waals surface area contributed by atoms with Gasteiger partial charge in [-0.3, -0.25) is 4.79 Å². The Labute approximate surface area is 105 Å². The molecular formula is C10H10BrN3OS. The van der Waals surface area contributed by atoms with Crippen LogP contribution < -0.4 is 5.32 Å². The number of carbonyl (C=O) groups excluding carboxylic acids is 1. The van der Waals surface area contributed by atoms with Crippen molar-refractivity contribution in [2.24, 2.45) is 0 Å². The standard InChI is InChI=1S/C10H10BrN3OS/c1-6(10-12-2-3-16-10)14-9(15)8-4-7(11)5-13-8/h2-6,13H,1H3,(H,14,15). The Morgan fingerprint density at radius 3 is 3.06 bits per heavy atom. The molecule has 2 aromatic heterocycles. The van der Waals surface area contributed by atoms with Crippen LogP contribution in [-0.4, -0.2) is 15.9 Å². The van der Waals surface area contributed by atoms with Crippen molar-refractivity contribution < 1.29 is 4.79 Å². The molecule has 1 unspecified atom stereocenters. The van der Waals surface area contributed by atoms with Crippen LogP contribution in [0.1, 0.15) is 28.5 Å². The van der Waals surface area contributed by atoms with Crippen LogP contribution in [-0.2, 0) is 0 Å². The van der Waals surface area contributed by atoms with Gasteiger partial charge in [0.2, 0.25) is 0 Å². The first kappa shape index (κ1) is 11.3. The molecule has 0 saturated heterocycles. The molecule has 1 amide bonds. The molecule has 2 rings (SSSR count). The second-order valence-corrected chi connectivity index (χ2v) is 5.14. The molecule has 0 aliphatic carbocycles. The van der Waals surface area contributed by atoms with E-state index < -0.39 is 0 Å². The Morgan fingerprint density at radius 2 is 2.50 bits per heavy atom. The van der Waals surface area contributed by atoms with Gasteiger partial charge in [-0.1, -0.05) is 0 Å². The van der Waals surface area contributed by atoms with E-state index in [0.717, 1.165) is 9.48 Å². The Kier molecular flexibility index (Phi) is 3.40. The predicted molar refractivity (Wildman–Crippen MR) is 66.5 cm³/mol. The number of aromatic amines is 1. The van der Waals surface area contributed by atoms with Crippen LogP contribution in [0.5, 0.6) is 0 Å². The van der Waals surface area contributed by atoms with Crippen molar-refractivity contribution in [2.75, 3.05) is 0 Å². The molecule has 0 aliphatic heterocycles. The molecule has 84 valence electrons. The topological polar surface area (TPSA) is 57.8 Å². The molecule has 1 atom stereocenters. The van der Waals surface area contributed by atoms with Crippen LogP contribution in [0.3, 0.4) is 0 Å². The highest BCUT2D eigenvalue weighted by Crippen LogP contribution is 2.16. The van der Waals surface area contributed by atoms with Crippen LogP contribution in [0.25, 0.3) is 0 Å². The lowest BCUT2D eigenvalue weighted by molar-refractivity contribution is 0.0935. The van der Waals surface area contributed by atoms with Gasteiger partial charge in [-0.25, -0.2) is 4.98 Å². The highest BCUT2D eigenvalue weighted by molar-refractivity contribution is 9.10. The maximum Gasteiger partial charge on any atom is 0.268 e. The van der Waals surface area contributed by atoms with Crippen LogP contribution in [0.15, 0.2) is 28.3 Å². The van der Waals surface area contributed by atoms with Crippen molar-refractivity contribution in [1.82, 2.24) is 15.3 Å². The highest BCUT2D eigenvalue weighted by atomic mass is 79.9. The third kappa shape index (κ3) is 2.51. The van der Waals surface area contributed by atoms with Crippen molar-refractivity contribution in [3.63, 3.8) is 0 Å². The summed E-state index contributed by atoms with van der Waals surface area (Å²) >= 11 is 4.81. The number of hydrogen-bond acceptors (Lipinski definition) is 3. The number of nitrogens with zero attached hydrogens (tertiary/aromatic N) is 1. The first-order valence-corrected chi connectivity index (χ1v) is 6.38. The number of nitrogens with one attached hydrogen (secondary N) is 2. The number of H-pyrrole nitrogens is 1. The molecule has 0 bridgehead atoms. The van der Waals surface area contributed by atoms with Crippen molar-refractivity contribution in [3.8, 4) is 0 Å². The van der Waals surface area contributed by atoms with E-state index in [-0.39, 0.29) is 11.9 Å². The number of thiazole rings is 1. The van der Waals surface area contributed by atoms with E-state index in [1.807, 2.05) is 12.3 Å². The van der Waals surface area contributed by atoms with E-state index >= 15 is 0 Å². The molecule has 0 radical (unpaired) electrons. The summed E-state index contributed by atoms with van der Waals surface area (Å²) in [5.41, 5.74) is 0.537. The Morgan fingerprint density at radius 1 is 1.69 bits per heavy atom. The maximum atomic E-state index is 11.8. The van der Waals surface area contributed by atoms with E-state index in [9.17, 15) is 4.79 Å². The minimum absolute atomic E-state index is 0.0745. The number of amides is 1. The van der Waals surface area contributed by atoms with Gasteiger partial charge in [0.25, 0.3) is 5.91 Å². The summed E-state index contributed by atoms with van der Waals surface area (Å²) in [5.74, 6) is -0.131. The molecule has 2 N–H and O–H groups in total. The summed E-state index contributed by atoms with van der Waals surface area (Å²) < 4.78 is 0.861. The second-order valence-electron chi connectivity index (χ2n) is 3.30. The summed E-state index contributed by atoms with van der Waals surface area (Å²) in [7, 11) is 0. The summed E-state index contributed by atoms with van der Waals surface area (Å²) in [6, 6.07) is 1.67. The molecule has 0 aliphatic rings. The number of rotatable bonds is 3. The van der Waals surface area contributed by atoms with Gasteiger partial charge in [-0.05, 0) is 28.9 Å². The predicted octanol–water partition coefficient (Wildman–Crippen LogP) is 2.72. The SMILES string of the molecule is CC(NC(=O)c1cc(Br)c[nH]1)c1nccs1. The largest absolute Gasteiger partial charge is 0.356 e. The van der Waals surface area contributed by atoms with E-state index in [2.05, 4.69) is 31.2 Å². The minimum Gasteiger partial charge on any atom is -0.356 e. The van der Waals surface area contributed by atoms with Crippen LogP contribution in [0, 0.1) is 0 Å². The number of hydrogen-bond donors (Lipinski definition) is 2. The van der Waals surface area contributed by atoms with Gasteiger partial charge in [-0.2, -0.15) is 0 Å².